The summed E-state index contributed by atoms with van der Waals surface area (Å²) in [6, 6.07) is 0.738. The number of alkyl halides is 3. The fourth-order valence-corrected chi connectivity index (χ4v) is 1.86. The maximum Gasteiger partial charge on any atom is 0.433 e. The molecule has 0 N–H and O–H groups in total. The predicted molar refractivity (Wildman–Crippen MR) is 53.9 cm³/mol. The molecule has 0 atom stereocenters. The lowest BCUT2D eigenvalue weighted by Gasteiger charge is -2.09. The molecule has 0 amide bonds. The second-order valence-electron chi connectivity index (χ2n) is 3.46. The Morgan fingerprint density at radius 3 is 2.40 bits per heavy atom. The van der Waals surface area contributed by atoms with Crippen LogP contribution in [0.5, 0.6) is 0 Å². The molecule has 1 aromatic heterocycles. The van der Waals surface area contributed by atoms with Gasteiger partial charge >= 0.3 is 6.18 Å². The quantitative estimate of drug-likeness (QED) is 0.565. The summed E-state index contributed by atoms with van der Waals surface area (Å²) in [4.78, 5) is 3.36. The molecule has 1 nitrogen and oxygen atoms in total. The molecule has 0 spiro atoms. The first-order valence-corrected chi connectivity index (χ1v) is 5.40. The number of nitrogens with zero attached hydrogens (tertiary/aromatic N) is 1. The van der Waals surface area contributed by atoms with E-state index >= 15 is 0 Å². The molecule has 0 radical (unpaired) electrons. The lowest BCUT2D eigenvalue weighted by Crippen LogP contribution is -2.11. The van der Waals surface area contributed by atoms with Gasteiger partial charge in [0.25, 0.3) is 0 Å². The summed E-state index contributed by atoms with van der Waals surface area (Å²) in [7, 11) is 0. The number of hydrogen-bond acceptors (Lipinski definition) is 1. The van der Waals surface area contributed by atoms with Crippen LogP contribution in [-0.4, -0.2) is 4.98 Å². The van der Waals surface area contributed by atoms with Crippen molar-refractivity contribution in [3.05, 3.63) is 26.8 Å². The number of aromatic nitrogens is 1. The molecule has 6 heteroatoms. The SMILES string of the molecule is Fc1c(I)cc(C(F)(F)F)nc1C1CC1. The van der Waals surface area contributed by atoms with Gasteiger partial charge in [0.2, 0.25) is 0 Å². The Labute approximate surface area is 97.0 Å². The van der Waals surface area contributed by atoms with Gasteiger partial charge in [0, 0.05) is 5.92 Å². The number of halogens is 5. The van der Waals surface area contributed by atoms with Crippen LogP contribution in [0.25, 0.3) is 0 Å². The second-order valence-corrected chi connectivity index (χ2v) is 4.62. The highest BCUT2D eigenvalue weighted by atomic mass is 127. The minimum atomic E-state index is -4.50. The third kappa shape index (κ3) is 2.24. The molecule has 1 heterocycles. The molecule has 0 saturated heterocycles. The topological polar surface area (TPSA) is 12.9 Å². The summed E-state index contributed by atoms with van der Waals surface area (Å²) in [6.07, 6.45) is -3.06. The van der Waals surface area contributed by atoms with Crippen LogP contribution in [0.3, 0.4) is 0 Å². The lowest BCUT2D eigenvalue weighted by atomic mass is 10.2. The molecule has 1 aliphatic carbocycles. The van der Waals surface area contributed by atoms with Crippen molar-refractivity contribution in [2.75, 3.05) is 0 Å². The Kier molecular flexibility index (Phi) is 2.64. The fourth-order valence-electron chi connectivity index (χ4n) is 1.29. The van der Waals surface area contributed by atoms with Gasteiger partial charge in [0.1, 0.15) is 5.69 Å². The van der Waals surface area contributed by atoms with Crippen LogP contribution in [-0.2, 0) is 6.18 Å². The summed E-state index contributed by atoms with van der Waals surface area (Å²) >= 11 is 1.56. The Balaban J connectivity index is 2.51. The molecule has 0 unspecified atom stereocenters. The Bertz CT molecular complexity index is 398. The number of rotatable bonds is 1. The van der Waals surface area contributed by atoms with Crippen molar-refractivity contribution in [2.24, 2.45) is 0 Å². The molecule has 1 fully saturated rings. The summed E-state index contributed by atoms with van der Waals surface area (Å²) < 4.78 is 50.5. The summed E-state index contributed by atoms with van der Waals surface area (Å²) in [5.74, 6) is -0.730. The second kappa shape index (κ2) is 3.57. The van der Waals surface area contributed by atoms with E-state index in [1.165, 1.54) is 0 Å². The zero-order chi connectivity index (χ0) is 11.2. The normalized spacial score (nSPS) is 16.9. The van der Waals surface area contributed by atoms with E-state index in [0.717, 1.165) is 18.9 Å². The van der Waals surface area contributed by atoms with Crippen molar-refractivity contribution in [1.82, 2.24) is 4.98 Å². The Hall–Kier alpha value is -0.400. The highest BCUT2D eigenvalue weighted by molar-refractivity contribution is 14.1. The van der Waals surface area contributed by atoms with E-state index in [4.69, 9.17) is 0 Å². The fraction of sp³-hybridized carbons (Fsp3) is 0.444. The van der Waals surface area contributed by atoms with Crippen LogP contribution in [0, 0.1) is 9.39 Å². The van der Waals surface area contributed by atoms with Crippen molar-refractivity contribution in [1.29, 1.82) is 0 Å². The molecule has 82 valence electrons. The average molecular weight is 331 g/mol. The average Bonchev–Trinajstić information content (AvgIpc) is 2.90. The molecule has 1 aliphatic rings. The van der Waals surface area contributed by atoms with Crippen molar-refractivity contribution in [3.8, 4) is 0 Å². The zero-order valence-corrected chi connectivity index (χ0v) is 9.56. The molecule has 1 aromatic rings. The van der Waals surface area contributed by atoms with Crippen LogP contribution >= 0.6 is 22.6 Å². The summed E-state index contributed by atoms with van der Waals surface area (Å²) in [6.45, 7) is 0. The van der Waals surface area contributed by atoms with Gasteiger partial charge in [-0.25, -0.2) is 9.37 Å². The first kappa shape index (κ1) is 11.1. The van der Waals surface area contributed by atoms with Crippen molar-refractivity contribution in [2.45, 2.75) is 24.9 Å². The van der Waals surface area contributed by atoms with Gasteiger partial charge in [-0.05, 0) is 41.5 Å². The van der Waals surface area contributed by atoms with Gasteiger partial charge in [0.15, 0.2) is 5.82 Å². The monoisotopic (exact) mass is 331 g/mol. The van der Waals surface area contributed by atoms with E-state index in [-0.39, 0.29) is 15.2 Å². The molecule has 2 rings (SSSR count). The largest absolute Gasteiger partial charge is 0.433 e. The van der Waals surface area contributed by atoms with Crippen LogP contribution in [0.4, 0.5) is 17.6 Å². The molecule has 0 aliphatic heterocycles. The highest BCUT2D eigenvalue weighted by Crippen LogP contribution is 2.42. The van der Waals surface area contributed by atoms with Gasteiger partial charge < -0.3 is 0 Å². The van der Waals surface area contributed by atoms with Crippen molar-refractivity contribution >= 4 is 22.6 Å². The molecule has 1 saturated carbocycles. The third-order valence-corrected chi connectivity index (χ3v) is 2.98. The zero-order valence-electron chi connectivity index (χ0n) is 7.41. The van der Waals surface area contributed by atoms with E-state index in [0.29, 0.717) is 0 Å². The first-order chi connectivity index (χ1) is 6.89. The van der Waals surface area contributed by atoms with Crippen LogP contribution in [0.15, 0.2) is 6.07 Å². The Morgan fingerprint density at radius 1 is 1.33 bits per heavy atom. The van der Waals surface area contributed by atoms with Crippen molar-refractivity contribution in [3.63, 3.8) is 0 Å². The molecule has 15 heavy (non-hydrogen) atoms. The van der Waals surface area contributed by atoms with E-state index < -0.39 is 17.7 Å². The van der Waals surface area contributed by atoms with Gasteiger partial charge in [-0.15, -0.1) is 0 Å². The smallest absolute Gasteiger partial charge is 0.245 e. The van der Waals surface area contributed by atoms with E-state index in [1.807, 2.05) is 0 Å². The van der Waals surface area contributed by atoms with Crippen LogP contribution in [0.2, 0.25) is 0 Å². The summed E-state index contributed by atoms with van der Waals surface area (Å²) in [5, 5.41) is 0. The van der Waals surface area contributed by atoms with Gasteiger partial charge in [0.05, 0.1) is 9.26 Å². The molecular weight excluding hydrogens is 325 g/mol. The third-order valence-electron chi connectivity index (χ3n) is 2.19. The van der Waals surface area contributed by atoms with Gasteiger partial charge in [-0.3, -0.25) is 0 Å². The van der Waals surface area contributed by atoms with E-state index in [9.17, 15) is 17.6 Å². The van der Waals surface area contributed by atoms with E-state index in [2.05, 4.69) is 4.98 Å². The summed E-state index contributed by atoms with van der Waals surface area (Å²) in [5.41, 5.74) is -1.04. The molecular formula is C9H6F4IN. The molecule has 0 aromatic carbocycles. The number of hydrogen-bond donors (Lipinski definition) is 0. The Morgan fingerprint density at radius 2 is 1.93 bits per heavy atom. The maximum atomic E-state index is 13.4. The van der Waals surface area contributed by atoms with Crippen LogP contribution in [0.1, 0.15) is 30.1 Å². The highest BCUT2D eigenvalue weighted by Gasteiger charge is 2.37. The van der Waals surface area contributed by atoms with Crippen molar-refractivity contribution < 1.29 is 17.6 Å². The van der Waals surface area contributed by atoms with Gasteiger partial charge in [-0.1, -0.05) is 0 Å². The van der Waals surface area contributed by atoms with Gasteiger partial charge in [-0.2, -0.15) is 13.2 Å². The standard InChI is InChI=1S/C9H6F4IN/c10-7-5(14)3-6(9(11,12)13)15-8(7)4-1-2-4/h3-4H,1-2H2. The lowest BCUT2D eigenvalue weighted by molar-refractivity contribution is -0.141. The first-order valence-electron chi connectivity index (χ1n) is 4.32. The van der Waals surface area contributed by atoms with E-state index in [1.54, 1.807) is 22.6 Å². The van der Waals surface area contributed by atoms with Crippen LogP contribution < -0.4 is 0 Å². The molecule has 0 bridgehead atoms. The minimum absolute atomic E-state index is 0.0168. The maximum absolute atomic E-state index is 13.4. The minimum Gasteiger partial charge on any atom is -0.245 e. The number of pyridine rings is 1. The predicted octanol–water partition coefficient (Wildman–Crippen LogP) is 3.72.